The highest BCUT2D eigenvalue weighted by molar-refractivity contribution is 5.78. The van der Waals surface area contributed by atoms with Crippen LogP contribution < -0.4 is 10.6 Å². The van der Waals surface area contributed by atoms with Crippen molar-refractivity contribution in [2.24, 2.45) is 0 Å². The van der Waals surface area contributed by atoms with E-state index in [2.05, 4.69) is 20.6 Å². The molecule has 3 aromatic rings. The van der Waals surface area contributed by atoms with E-state index < -0.39 is 11.6 Å². The summed E-state index contributed by atoms with van der Waals surface area (Å²) < 4.78 is 13.0. The first-order valence-corrected chi connectivity index (χ1v) is 8.03. The summed E-state index contributed by atoms with van der Waals surface area (Å²) in [5.41, 5.74) is -0.387. The molecular weight excluding hydrogens is 351 g/mol. The molecule has 138 valence electrons. The third kappa shape index (κ3) is 4.36. The number of aromatic nitrogens is 2. The van der Waals surface area contributed by atoms with Crippen molar-refractivity contribution >= 4 is 29.1 Å². The predicted molar refractivity (Wildman–Crippen MR) is 98.6 cm³/mol. The Hall–Kier alpha value is -3.52. The lowest BCUT2D eigenvalue weighted by Crippen LogP contribution is -2.31. The van der Waals surface area contributed by atoms with Crippen molar-refractivity contribution in [1.29, 1.82) is 0 Å². The molecule has 2 aromatic carbocycles. The van der Waals surface area contributed by atoms with E-state index in [0.29, 0.717) is 23.1 Å². The molecule has 0 aliphatic rings. The zero-order chi connectivity index (χ0) is 19.4. The summed E-state index contributed by atoms with van der Waals surface area (Å²) in [4.78, 5) is 19.5. The van der Waals surface area contributed by atoms with Crippen molar-refractivity contribution in [1.82, 2.24) is 9.97 Å². The van der Waals surface area contributed by atoms with Crippen LogP contribution in [0.1, 0.15) is 12.5 Å². The van der Waals surface area contributed by atoms with Crippen molar-refractivity contribution in [3.63, 3.8) is 0 Å². The van der Waals surface area contributed by atoms with Gasteiger partial charge in [-0.25, -0.2) is 14.2 Å². The first kappa shape index (κ1) is 18.3. The van der Waals surface area contributed by atoms with Crippen LogP contribution in [0.5, 0.6) is 0 Å². The number of hydrogen-bond acceptors (Lipinski definition) is 6. The number of hydrogen-bond donors (Lipinski definition) is 4. The minimum atomic E-state index is -1.96. The minimum absolute atomic E-state index is 0.266. The molecule has 1 heterocycles. The fourth-order valence-electron chi connectivity index (χ4n) is 2.30. The maximum Gasteiger partial charge on any atom is 0.340 e. The fourth-order valence-corrected chi connectivity index (χ4v) is 2.30. The molecule has 27 heavy (non-hydrogen) atoms. The molecule has 0 saturated carbocycles. The van der Waals surface area contributed by atoms with Gasteiger partial charge in [-0.3, -0.25) is 0 Å². The molecule has 0 amide bonds. The SMILES string of the molecule is CC(O)(C(=O)O)c1ccc(Nc2ccnc(Nc3ccc(F)cc3)n2)cc1. The second-order valence-electron chi connectivity index (χ2n) is 5.98. The van der Waals surface area contributed by atoms with Crippen LogP contribution in [0.3, 0.4) is 0 Å². The van der Waals surface area contributed by atoms with E-state index in [-0.39, 0.29) is 11.4 Å². The lowest BCUT2D eigenvalue weighted by Gasteiger charge is -2.18. The van der Waals surface area contributed by atoms with Crippen LogP contribution in [-0.4, -0.2) is 26.2 Å². The molecule has 0 saturated heterocycles. The standard InChI is InChI=1S/C19H17FN4O3/c1-19(27,17(25)26)12-2-6-14(7-3-12)22-16-10-11-21-18(24-16)23-15-8-4-13(20)5-9-15/h2-11,27H,1H3,(H,25,26)(H2,21,22,23,24). The molecule has 1 unspecified atom stereocenters. The average Bonchev–Trinajstić information content (AvgIpc) is 2.64. The van der Waals surface area contributed by atoms with Crippen LogP contribution >= 0.6 is 0 Å². The number of nitrogens with zero attached hydrogens (tertiary/aromatic N) is 2. The molecule has 0 spiro atoms. The van der Waals surface area contributed by atoms with Gasteiger partial charge in [0.25, 0.3) is 0 Å². The Morgan fingerprint density at radius 2 is 1.59 bits per heavy atom. The first-order chi connectivity index (χ1) is 12.8. The molecule has 0 bridgehead atoms. The monoisotopic (exact) mass is 368 g/mol. The number of rotatable bonds is 6. The van der Waals surface area contributed by atoms with E-state index in [0.717, 1.165) is 0 Å². The minimum Gasteiger partial charge on any atom is -0.479 e. The predicted octanol–water partition coefficient (Wildman–Crippen LogP) is 3.40. The Labute approximate surface area is 154 Å². The van der Waals surface area contributed by atoms with Gasteiger partial charge in [-0.2, -0.15) is 4.98 Å². The van der Waals surface area contributed by atoms with Crippen LogP contribution in [0.2, 0.25) is 0 Å². The molecular formula is C19H17FN4O3. The zero-order valence-electron chi connectivity index (χ0n) is 14.3. The number of aliphatic carboxylic acids is 1. The number of carboxylic acid groups (broad SMARTS) is 1. The van der Waals surface area contributed by atoms with Crippen molar-refractivity contribution in [2.45, 2.75) is 12.5 Å². The van der Waals surface area contributed by atoms with Gasteiger partial charge < -0.3 is 20.8 Å². The number of carboxylic acids is 1. The Kier molecular flexibility index (Phi) is 5.00. The third-order valence-corrected chi connectivity index (χ3v) is 3.89. The van der Waals surface area contributed by atoms with E-state index >= 15 is 0 Å². The first-order valence-electron chi connectivity index (χ1n) is 8.03. The van der Waals surface area contributed by atoms with E-state index in [9.17, 15) is 14.3 Å². The Balaban J connectivity index is 1.72. The quantitative estimate of drug-likeness (QED) is 0.528. The number of anilines is 4. The van der Waals surface area contributed by atoms with Crippen LogP contribution in [0.15, 0.2) is 60.8 Å². The second kappa shape index (κ2) is 7.38. The summed E-state index contributed by atoms with van der Waals surface area (Å²) >= 11 is 0. The smallest absolute Gasteiger partial charge is 0.340 e. The Morgan fingerprint density at radius 1 is 1.00 bits per heavy atom. The normalized spacial score (nSPS) is 12.9. The van der Waals surface area contributed by atoms with Gasteiger partial charge in [-0.1, -0.05) is 12.1 Å². The Morgan fingerprint density at radius 3 is 2.22 bits per heavy atom. The highest BCUT2D eigenvalue weighted by atomic mass is 19.1. The van der Waals surface area contributed by atoms with Gasteiger partial charge in [0.15, 0.2) is 5.60 Å². The van der Waals surface area contributed by atoms with Gasteiger partial charge in [0, 0.05) is 17.6 Å². The molecule has 0 radical (unpaired) electrons. The van der Waals surface area contributed by atoms with E-state index in [1.165, 1.54) is 31.2 Å². The van der Waals surface area contributed by atoms with E-state index in [4.69, 9.17) is 5.11 Å². The maximum absolute atomic E-state index is 13.0. The third-order valence-electron chi connectivity index (χ3n) is 3.89. The second-order valence-corrected chi connectivity index (χ2v) is 5.98. The van der Waals surface area contributed by atoms with Crippen LogP contribution in [0.4, 0.5) is 27.5 Å². The molecule has 7 nitrogen and oxygen atoms in total. The average molecular weight is 368 g/mol. The molecule has 3 rings (SSSR count). The summed E-state index contributed by atoms with van der Waals surface area (Å²) in [7, 11) is 0. The fraction of sp³-hybridized carbons (Fsp3) is 0.105. The molecule has 1 atom stereocenters. The number of benzene rings is 2. The van der Waals surface area contributed by atoms with Crippen LogP contribution in [-0.2, 0) is 10.4 Å². The van der Waals surface area contributed by atoms with Crippen molar-refractivity contribution in [3.8, 4) is 0 Å². The Bertz CT molecular complexity index is 944. The molecule has 0 aliphatic heterocycles. The van der Waals surface area contributed by atoms with E-state index in [1.54, 1.807) is 36.5 Å². The van der Waals surface area contributed by atoms with Crippen LogP contribution in [0.25, 0.3) is 0 Å². The van der Waals surface area contributed by atoms with Crippen LogP contribution in [0, 0.1) is 5.82 Å². The lowest BCUT2D eigenvalue weighted by molar-refractivity contribution is -0.157. The number of aliphatic hydroxyl groups is 1. The van der Waals surface area contributed by atoms with Gasteiger partial charge in [0.1, 0.15) is 11.6 Å². The van der Waals surface area contributed by atoms with Gasteiger partial charge in [0.05, 0.1) is 0 Å². The van der Waals surface area contributed by atoms with Gasteiger partial charge >= 0.3 is 5.97 Å². The summed E-state index contributed by atoms with van der Waals surface area (Å²) in [5.74, 6) is -0.817. The van der Waals surface area contributed by atoms with Gasteiger partial charge in [-0.15, -0.1) is 0 Å². The highest BCUT2D eigenvalue weighted by Gasteiger charge is 2.31. The van der Waals surface area contributed by atoms with Crippen molar-refractivity contribution in [3.05, 3.63) is 72.2 Å². The highest BCUT2D eigenvalue weighted by Crippen LogP contribution is 2.24. The van der Waals surface area contributed by atoms with Gasteiger partial charge in [-0.05, 0) is 55.0 Å². The molecule has 0 aliphatic carbocycles. The molecule has 8 heteroatoms. The molecule has 0 fully saturated rings. The summed E-state index contributed by atoms with van der Waals surface area (Å²) in [6.45, 7) is 1.22. The van der Waals surface area contributed by atoms with Crippen molar-refractivity contribution < 1.29 is 19.4 Å². The largest absolute Gasteiger partial charge is 0.479 e. The number of nitrogens with one attached hydrogen (secondary N) is 2. The van der Waals surface area contributed by atoms with E-state index in [1.807, 2.05) is 0 Å². The lowest BCUT2D eigenvalue weighted by atomic mass is 9.96. The van der Waals surface area contributed by atoms with Gasteiger partial charge in [0.2, 0.25) is 5.95 Å². The van der Waals surface area contributed by atoms with Crippen molar-refractivity contribution in [2.75, 3.05) is 10.6 Å². The summed E-state index contributed by atoms with van der Waals surface area (Å²) in [5, 5.41) is 25.1. The number of carbonyl (C=O) groups is 1. The maximum atomic E-state index is 13.0. The zero-order valence-corrected chi connectivity index (χ0v) is 14.3. The number of halogens is 1. The molecule has 4 N–H and O–H groups in total. The summed E-state index contributed by atoms with van der Waals surface area (Å²) in [6, 6.07) is 13.8. The topological polar surface area (TPSA) is 107 Å². The summed E-state index contributed by atoms with van der Waals surface area (Å²) in [6.07, 6.45) is 1.56. The molecule has 1 aromatic heterocycles.